The van der Waals surface area contributed by atoms with Crippen LogP contribution < -0.4 is 5.32 Å². The van der Waals surface area contributed by atoms with Crippen LogP contribution in [0.15, 0.2) is 30.3 Å². The first-order chi connectivity index (χ1) is 22.4. The molecule has 7 rings (SSSR count). The summed E-state index contributed by atoms with van der Waals surface area (Å²) in [6.07, 6.45) is 19.8. The van der Waals surface area contributed by atoms with Crippen LogP contribution in [-0.4, -0.2) is 59.9 Å². The predicted octanol–water partition coefficient (Wildman–Crippen LogP) is 8.67. The molecule has 0 aromatic heterocycles. The Labute approximate surface area is 285 Å². The van der Waals surface area contributed by atoms with Gasteiger partial charge in [0.15, 0.2) is 0 Å². The molecule has 5 nitrogen and oxygen atoms in total. The van der Waals surface area contributed by atoms with E-state index in [1.165, 1.54) is 88.3 Å². The van der Waals surface area contributed by atoms with Crippen LogP contribution in [-0.2, 0) is 0 Å². The Balaban J connectivity index is 1.06. The van der Waals surface area contributed by atoms with Gasteiger partial charge in [0.1, 0.15) is 0 Å². The Morgan fingerprint density at radius 2 is 1.66 bits per heavy atom. The van der Waals surface area contributed by atoms with E-state index in [1.54, 1.807) is 12.1 Å². The second kappa shape index (κ2) is 12.3. The molecule has 260 valence electrons. The summed E-state index contributed by atoms with van der Waals surface area (Å²) < 4.78 is 0. The molecule has 1 aliphatic heterocycles. The third-order valence-corrected chi connectivity index (χ3v) is 16.5. The number of hydrogen-bond donors (Lipinski definition) is 3. The number of allylic oxidation sites excluding steroid dienone is 2. The zero-order valence-corrected chi connectivity index (χ0v) is 30.3. The van der Waals surface area contributed by atoms with Gasteiger partial charge in [-0.05, 0) is 171 Å². The molecule has 4 saturated carbocycles. The zero-order valence-electron chi connectivity index (χ0n) is 30.3. The quantitative estimate of drug-likeness (QED) is 0.235. The zero-order chi connectivity index (χ0) is 33.2. The lowest BCUT2D eigenvalue weighted by molar-refractivity contribution is -0.222. The van der Waals surface area contributed by atoms with Crippen LogP contribution in [0.4, 0.5) is 0 Å². The molecule has 9 atom stereocenters. The predicted molar refractivity (Wildman–Crippen MR) is 191 cm³/mol. The van der Waals surface area contributed by atoms with Crippen molar-refractivity contribution in [2.45, 2.75) is 124 Å². The number of carboxylic acid groups (broad SMARTS) is 1. The van der Waals surface area contributed by atoms with Crippen molar-refractivity contribution < 1.29 is 15.0 Å². The minimum Gasteiger partial charge on any atom is -0.478 e. The van der Waals surface area contributed by atoms with Gasteiger partial charge in [-0.2, -0.15) is 0 Å². The van der Waals surface area contributed by atoms with Crippen molar-refractivity contribution in [2.24, 2.45) is 50.7 Å². The van der Waals surface area contributed by atoms with Gasteiger partial charge >= 0.3 is 5.97 Å². The lowest BCUT2D eigenvalue weighted by atomic mass is 9.32. The molecule has 4 unspecified atom stereocenters. The summed E-state index contributed by atoms with van der Waals surface area (Å²) in [5.74, 6) is 2.27. The second-order valence-corrected chi connectivity index (χ2v) is 18.5. The molecule has 5 fully saturated rings. The molecule has 5 aliphatic carbocycles. The molecular formula is C42H64N2O3. The number of rotatable bonds is 9. The summed E-state index contributed by atoms with van der Waals surface area (Å²) in [4.78, 5) is 14.0. The Morgan fingerprint density at radius 1 is 0.872 bits per heavy atom. The summed E-state index contributed by atoms with van der Waals surface area (Å²) in [6, 6.07) is 8.05. The number of likely N-dealkylation sites (tertiary alicyclic amines) is 1. The van der Waals surface area contributed by atoms with Gasteiger partial charge in [-0.1, -0.05) is 59.2 Å². The minimum absolute atomic E-state index is 0.0590. The van der Waals surface area contributed by atoms with Crippen LogP contribution in [0.1, 0.15) is 134 Å². The fourth-order valence-corrected chi connectivity index (χ4v) is 14.0. The Morgan fingerprint density at radius 3 is 2.40 bits per heavy atom. The highest BCUT2D eigenvalue weighted by molar-refractivity contribution is 5.88. The average molecular weight is 645 g/mol. The third kappa shape index (κ3) is 5.22. The van der Waals surface area contributed by atoms with E-state index in [2.05, 4.69) is 50.9 Å². The number of benzene rings is 1. The Bertz CT molecular complexity index is 1350. The van der Waals surface area contributed by atoms with Crippen molar-refractivity contribution in [3.63, 3.8) is 0 Å². The van der Waals surface area contributed by atoms with Crippen molar-refractivity contribution in [3.05, 3.63) is 41.5 Å². The van der Waals surface area contributed by atoms with Gasteiger partial charge < -0.3 is 15.5 Å². The maximum absolute atomic E-state index is 11.5. The molecule has 1 heterocycles. The second-order valence-electron chi connectivity index (χ2n) is 18.5. The van der Waals surface area contributed by atoms with Gasteiger partial charge in [-0.25, -0.2) is 4.79 Å². The summed E-state index contributed by atoms with van der Waals surface area (Å²) in [7, 11) is 0. The smallest absolute Gasteiger partial charge is 0.335 e. The standard InChI is InChI=1S/C42H64N2O3/c1-38(2)32(29-11-13-30(14-12-29)37(46)47)17-20-39(3)35(38)18-21-41(5)36(39)16-15-33-34-10-6-19-42(34,23-22-40(33,41)4)28-43-24-8-26-44-25-7-9-31(44)27-45/h11-14,17,31,33-36,43,45H,6-10,15-16,18-28H2,1-5H3,(H,46,47)/t31?,33-,34?,35?,36?,39+,40-,41-,42-/m1/s1. The van der Waals surface area contributed by atoms with Crippen LogP contribution in [0, 0.1) is 50.7 Å². The van der Waals surface area contributed by atoms with Gasteiger partial charge in [0.2, 0.25) is 0 Å². The lowest BCUT2D eigenvalue weighted by Crippen LogP contribution is -2.65. The summed E-state index contributed by atoms with van der Waals surface area (Å²) >= 11 is 0. The number of hydrogen-bond acceptors (Lipinski definition) is 4. The molecule has 1 saturated heterocycles. The van der Waals surface area contributed by atoms with Crippen LogP contribution in [0.2, 0.25) is 0 Å². The molecule has 47 heavy (non-hydrogen) atoms. The molecule has 0 amide bonds. The molecule has 0 radical (unpaired) electrons. The maximum Gasteiger partial charge on any atom is 0.335 e. The fraction of sp³-hybridized carbons (Fsp3) is 0.786. The molecule has 6 aliphatic rings. The molecular weight excluding hydrogens is 580 g/mol. The molecule has 3 N–H and O–H groups in total. The summed E-state index contributed by atoms with van der Waals surface area (Å²) in [5.41, 5.74) is 4.65. The number of nitrogens with one attached hydrogen (secondary N) is 1. The number of carbonyl (C=O) groups is 1. The highest BCUT2D eigenvalue weighted by Gasteiger charge is 2.69. The number of fused-ring (bicyclic) bond motifs is 7. The number of nitrogens with zero attached hydrogens (tertiary/aromatic N) is 1. The van der Waals surface area contributed by atoms with Gasteiger partial charge in [0, 0.05) is 12.6 Å². The number of aromatic carboxylic acids is 1. The average Bonchev–Trinajstić information content (AvgIpc) is 3.68. The first-order valence-corrected chi connectivity index (χ1v) is 19.5. The Kier molecular flexibility index (Phi) is 8.82. The van der Waals surface area contributed by atoms with E-state index in [0.717, 1.165) is 50.2 Å². The van der Waals surface area contributed by atoms with Crippen molar-refractivity contribution >= 4 is 11.5 Å². The van der Waals surface area contributed by atoms with Crippen LogP contribution in [0.25, 0.3) is 5.57 Å². The van der Waals surface area contributed by atoms with Crippen molar-refractivity contribution in [3.8, 4) is 0 Å². The number of carboxylic acids is 1. The normalized spacial score (nSPS) is 42.6. The Hall–Kier alpha value is -1.69. The molecule has 0 spiro atoms. The van der Waals surface area contributed by atoms with Crippen molar-refractivity contribution in [1.29, 1.82) is 0 Å². The van der Waals surface area contributed by atoms with E-state index in [1.807, 2.05) is 12.1 Å². The largest absolute Gasteiger partial charge is 0.478 e. The fourth-order valence-electron chi connectivity index (χ4n) is 14.0. The van der Waals surface area contributed by atoms with Crippen LogP contribution >= 0.6 is 0 Å². The SMILES string of the molecule is CC1(C)C(c2ccc(C(=O)O)cc2)=CC[C@@]2(C)C1CC[C@]1(C)C2CC[C@@H]2C3CCC[C@]3(CNCCCN3CCCC3CO)CC[C@]21C. The van der Waals surface area contributed by atoms with E-state index in [4.69, 9.17) is 0 Å². The third-order valence-electron chi connectivity index (χ3n) is 16.5. The van der Waals surface area contributed by atoms with E-state index < -0.39 is 5.97 Å². The lowest BCUT2D eigenvalue weighted by Gasteiger charge is -2.72. The van der Waals surface area contributed by atoms with Gasteiger partial charge in [0.05, 0.1) is 12.2 Å². The first-order valence-electron chi connectivity index (χ1n) is 19.5. The molecule has 0 bridgehead atoms. The monoisotopic (exact) mass is 644 g/mol. The molecule has 5 heteroatoms. The summed E-state index contributed by atoms with van der Waals surface area (Å²) in [5, 5.41) is 23.2. The van der Waals surface area contributed by atoms with Crippen molar-refractivity contribution in [2.75, 3.05) is 32.8 Å². The number of aliphatic hydroxyl groups excluding tert-OH is 1. The maximum atomic E-state index is 11.5. The summed E-state index contributed by atoms with van der Waals surface area (Å²) in [6.45, 7) is 18.1. The van der Waals surface area contributed by atoms with E-state index in [-0.39, 0.29) is 5.41 Å². The highest BCUT2D eigenvalue weighted by atomic mass is 16.4. The highest BCUT2D eigenvalue weighted by Crippen LogP contribution is 2.77. The van der Waals surface area contributed by atoms with Gasteiger partial charge in [0.25, 0.3) is 0 Å². The van der Waals surface area contributed by atoms with Crippen LogP contribution in [0.3, 0.4) is 0 Å². The molecule has 1 aromatic carbocycles. The van der Waals surface area contributed by atoms with E-state index in [9.17, 15) is 15.0 Å². The minimum atomic E-state index is -0.851. The first kappa shape index (κ1) is 33.8. The van der Waals surface area contributed by atoms with Crippen molar-refractivity contribution in [1.82, 2.24) is 10.2 Å². The van der Waals surface area contributed by atoms with Gasteiger partial charge in [-0.3, -0.25) is 4.90 Å². The number of aliphatic hydroxyl groups is 1. The van der Waals surface area contributed by atoms with Crippen LogP contribution in [0.5, 0.6) is 0 Å². The van der Waals surface area contributed by atoms with E-state index in [0.29, 0.717) is 45.8 Å². The van der Waals surface area contributed by atoms with E-state index >= 15 is 0 Å². The molecule has 1 aromatic rings. The topological polar surface area (TPSA) is 72.8 Å². The van der Waals surface area contributed by atoms with Gasteiger partial charge in [-0.15, -0.1) is 0 Å².